The topological polar surface area (TPSA) is 12.0 Å². The summed E-state index contributed by atoms with van der Waals surface area (Å²) in [4.78, 5) is 0. The van der Waals surface area contributed by atoms with Crippen molar-refractivity contribution in [1.29, 1.82) is 0 Å². The maximum Gasteiger partial charge on any atom is 0.00953 e. The fourth-order valence-electron chi connectivity index (χ4n) is 2.91. The summed E-state index contributed by atoms with van der Waals surface area (Å²) in [5.74, 6) is 1.81. The first-order chi connectivity index (χ1) is 7.27. The Morgan fingerprint density at radius 1 is 1.20 bits per heavy atom. The van der Waals surface area contributed by atoms with Crippen molar-refractivity contribution < 1.29 is 0 Å². The first-order valence-electron chi connectivity index (χ1n) is 7.01. The van der Waals surface area contributed by atoms with Crippen molar-refractivity contribution >= 4 is 0 Å². The minimum Gasteiger partial charge on any atom is -0.313 e. The summed E-state index contributed by atoms with van der Waals surface area (Å²) in [6.07, 6.45) is 9.83. The van der Waals surface area contributed by atoms with Gasteiger partial charge in [-0.2, -0.15) is 0 Å². The molecule has 1 aliphatic carbocycles. The molecule has 1 aliphatic rings. The van der Waals surface area contributed by atoms with Gasteiger partial charge in [0.05, 0.1) is 0 Å². The van der Waals surface area contributed by atoms with E-state index < -0.39 is 0 Å². The quantitative estimate of drug-likeness (QED) is 0.700. The number of hydrogen-bond acceptors (Lipinski definition) is 1. The fraction of sp³-hybridized carbons (Fsp3) is 1.00. The van der Waals surface area contributed by atoms with E-state index in [1.165, 1.54) is 51.5 Å². The second-order valence-corrected chi connectivity index (χ2v) is 5.36. The first-order valence-corrected chi connectivity index (χ1v) is 7.01. The Morgan fingerprint density at radius 2 is 1.93 bits per heavy atom. The number of hydrogen-bond donors (Lipinski definition) is 1. The normalized spacial score (nSPS) is 29.0. The minimum absolute atomic E-state index is 0.822. The lowest BCUT2D eigenvalue weighted by atomic mass is 9.82. The molecular formula is C14H29N. The van der Waals surface area contributed by atoms with Crippen LogP contribution in [0.2, 0.25) is 0 Å². The Hall–Kier alpha value is -0.0400. The lowest BCUT2D eigenvalue weighted by molar-refractivity contribution is 0.246. The van der Waals surface area contributed by atoms with Crippen LogP contribution in [-0.4, -0.2) is 12.6 Å². The average molecular weight is 211 g/mol. The van der Waals surface area contributed by atoms with Gasteiger partial charge in [0.25, 0.3) is 0 Å². The van der Waals surface area contributed by atoms with Crippen LogP contribution in [0.5, 0.6) is 0 Å². The highest BCUT2D eigenvalue weighted by Crippen LogP contribution is 2.26. The van der Waals surface area contributed by atoms with E-state index in [0.717, 1.165) is 17.9 Å². The average Bonchev–Trinajstić information content (AvgIpc) is 2.27. The van der Waals surface area contributed by atoms with Gasteiger partial charge in [-0.25, -0.2) is 0 Å². The molecule has 3 atom stereocenters. The Kier molecular flexibility index (Phi) is 6.31. The van der Waals surface area contributed by atoms with Crippen molar-refractivity contribution in [3.8, 4) is 0 Å². The summed E-state index contributed by atoms with van der Waals surface area (Å²) in [7, 11) is 0. The standard InChI is InChI=1S/C14H29N/c1-4-8-12(3)11-15-14-10-7-6-9-13(14)5-2/h12-15H,4-11H2,1-3H3. The van der Waals surface area contributed by atoms with Crippen LogP contribution in [0.4, 0.5) is 0 Å². The zero-order valence-corrected chi connectivity index (χ0v) is 10.9. The molecule has 0 aromatic heterocycles. The van der Waals surface area contributed by atoms with E-state index in [-0.39, 0.29) is 0 Å². The SMILES string of the molecule is CCCC(C)CNC1CCCCC1CC. The molecule has 0 heterocycles. The predicted molar refractivity (Wildman–Crippen MR) is 68.1 cm³/mol. The van der Waals surface area contributed by atoms with E-state index in [1.807, 2.05) is 0 Å². The van der Waals surface area contributed by atoms with Gasteiger partial charge in [0, 0.05) is 6.04 Å². The van der Waals surface area contributed by atoms with Crippen molar-refractivity contribution in [1.82, 2.24) is 5.32 Å². The highest BCUT2D eigenvalue weighted by atomic mass is 14.9. The highest BCUT2D eigenvalue weighted by Gasteiger charge is 2.23. The van der Waals surface area contributed by atoms with Crippen LogP contribution in [-0.2, 0) is 0 Å². The third-order valence-corrected chi connectivity index (χ3v) is 3.94. The van der Waals surface area contributed by atoms with Gasteiger partial charge in [-0.05, 0) is 37.6 Å². The van der Waals surface area contributed by atoms with Gasteiger partial charge < -0.3 is 5.32 Å². The first kappa shape index (κ1) is 13.0. The summed E-state index contributed by atoms with van der Waals surface area (Å²) < 4.78 is 0. The molecule has 0 amide bonds. The molecule has 90 valence electrons. The molecule has 0 aromatic rings. The predicted octanol–water partition coefficient (Wildman–Crippen LogP) is 3.98. The van der Waals surface area contributed by atoms with Gasteiger partial charge >= 0.3 is 0 Å². The molecule has 1 N–H and O–H groups in total. The summed E-state index contributed by atoms with van der Waals surface area (Å²) in [6, 6.07) is 0.822. The Bertz CT molecular complexity index is 155. The molecule has 1 nitrogen and oxygen atoms in total. The Labute approximate surface area is 96.0 Å². The van der Waals surface area contributed by atoms with Crippen LogP contribution in [0.25, 0.3) is 0 Å². The van der Waals surface area contributed by atoms with E-state index in [1.54, 1.807) is 0 Å². The van der Waals surface area contributed by atoms with Crippen molar-refractivity contribution in [3.63, 3.8) is 0 Å². The van der Waals surface area contributed by atoms with Crippen molar-refractivity contribution in [2.75, 3.05) is 6.54 Å². The van der Waals surface area contributed by atoms with Crippen molar-refractivity contribution in [2.24, 2.45) is 11.8 Å². The van der Waals surface area contributed by atoms with E-state index in [9.17, 15) is 0 Å². The van der Waals surface area contributed by atoms with Gasteiger partial charge in [-0.3, -0.25) is 0 Å². The van der Waals surface area contributed by atoms with Crippen LogP contribution < -0.4 is 5.32 Å². The maximum atomic E-state index is 3.81. The third kappa shape index (κ3) is 4.55. The largest absolute Gasteiger partial charge is 0.313 e. The van der Waals surface area contributed by atoms with E-state index in [4.69, 9.17) is 0 Å². The molecule has 1 rings (SSSR count). The van der Waals surface area contributed by atoms with Crippen molar-refractivity contribution in [3.05, 3.63) is 0 Å². The molecule has 1 saturated carbocycles. The summed E-state index contributed by atoms with van der Waals surface area (Å²) in [5, 5.41) is 3.81. The molecule has 1 heteroatoms. The number of rotatable bonds is 6. The summed E-state index contributed by atoms with van der Waals surface area (Å²) in [6.45, 7) is 8.24. The Balaban J connectivity index is 2.22. The fourth-order valence-corrected chi connectivity index (χ4v) is 2.91. The highest BCUT2D eigenvalue weighted by molar-refractivity contribution is 4.80. The maximum absolute atomic E-state index is 3.81. The van der Waals surface area contributed by atoms with Gasteiger partial charge in [-0.1, -0.05) is 46.5 Å². The third-order valence-electron chi connectivity index (χ3n) is 3.94. The number of nitrogens with one attached hydrogen (secondary N) is 1. The molecule has 0 radical (unpaired) electrons. The zero-order valence-electron chi connectivity index (χ0n) is 10.9. The van der Waals surface area contributed by atoms with Crippen LogP contribution in [0, 0.1) is 11.8 Å². The van der Waals surface area contributed by atoms with Crippen LogP contribution in [0.1, 0.15) is 65.7 Å². The van der Waals surface area contributed by atoms with Crippen LogP contribution in [0.3, 0.4) is 0 Å². The second kappa shape index (κ2) is 7.27. The van der Waals surface area contributed by atoms with Gasteiger partial charge in [0.1, 0.15) is 0 Å². The minimum atomic E-state index is 0.822. The molecular weight excluding hydrogens is 182 g/mol. The lowest BCUT2D eigenvalue weighted by Crippen LogP contribution is -2.40. The summed E-state index contributed by atoms with van der Waals surface area (Å²) in [5.41, 5.74) is 0. The molecule has 0 bridgehead atoms. The smallest absolute Gasteiger partial charge is 0.00953 e. The molecule has 0 saturated heterocycles. The van der Waals surface area contributed by atoms with Gasteiger partial charge in [-0.15, -0.1) is 0 Å². The van der Waals surface area contributed by atoms with Crippen molar-refractivity contribution in [2.45, 2.75) is 71.8 Å². The Morgan fingerprint density at radius 3 is 2.60 bits per heavy atom. The molecule has 0 aliphatic heterocycles. The van der Waals surface area contributed by atoms with E-state index in [0.29, 0.717) is 0 Å². The van der Waals surface area contributed by atoms with Crippen LogP contribution in [0.15, 0.2) is 0 Å². The second-order valence-electron chi connectivity index (χ2n) is 5.36. The van der Waals surface area contributed by atoms with Gasteiger partial charge in [0.15, 0.2) is 0 Å². The molecule has 0 spiro atoms. The molecule has 3 unspecified atom stereocenters. The molecule has 15 heavy (non-hydrogen) atoms. The van der Waals surface area contributed by atoms with Gasteiger partial charge in [0.2, 0.25) is 0 Å². The molecule has 0 aromatic carbocycles. The zero-order chi connectivity index (χ0) is 11.1. The summed E-state index contributed by atoms with van der Waals surface area (Å²) >= 11 is 0. The van der Waals surface area contributed by atoms with E-state index in [2.05, 4.69) is 26.1 Å². The monoisotopic (exact) mass is 211 g/mol. The lowest BCUT2D eigenvalue weighted by Gasteiger charge is -2.32. The molecule has 1 fully saturated rings. The van der Waals surface area contributed by atoms with Crippen LogP contribution >= 0.6 is 0 Å². The van der Waals surface area contributed by atoms with E-state index >= 15 is 0 Å².